The van der Waals surface area contributed by atoms with E-state index in [2.05, 4.69) is 15.5 Å². The number of fused-ring (bicyclic) bond motifs is 1. The predicted octanol–water partition coefficient (Wildman–Crippen LogP) is 4.03. The Balaban J connectivity index is 1.58. The molecule has 0 saturated heterocycles. The van der Waals surface area contributed by atoms with E-state index in [1.165, 1.54) is 11.8 Å². The minimum absolute atomic E-state index is 0.121. The van der Waals surface area contributed by atoms with Crippen molar-refractivity contribution in [1.29, 1.82) is 0 Å². The third-order valence-corrected chi connectivity index (χ3v) is 4.25. The van der Waals surface area contributed by atoms with Gasteiger partial charge in [-0.3, -0.25) is 4.79 Å². The van der Waals surface area contributed by atoms with Crippen LogP contribution in [0.1, 0.15) is 16.7 Å². The molecule has 5 nitrogen and oxygen atoms in total. The lowest BCUT2D eigenvalue weighted by atomic mass is 10.1. The summed E-state index contributed by atoms with van der Waals surface area (Å²) in [5.41, 5.74) is 6.14. The number of ether oxygens (including phenoxy) is 1. The van der Waals surface area contributed by atoms with Gasteiger partial charge in [0.2, 0.25) is 0 Å². The molecular formula is C20H18ClN3O2. The van der Waals surface area contributed by atoms with E-state index in [9.17, 15) is 4.79 Å². The van der Waals surface area contributed by atoms with Crippen LogP contribution in [-0.4, -0.2) is 23.7 Å². The van der Waals surface area contributed by atoms with E-state index in [0.717, 1.165) is 16.5 Å². The van der Waals surface area contributed by atoms with E-state index in [1.807, 2.05) is 62.4 Å². The van der Waals surface area contributed by atoms with Crippen molar-refractivity contribution in [3.8, 4) is 5.75 Å². The number of nitrogens with zero attached hydrogens (tertiary/aromatic N) is 2. The maximum absolute atomic E-state index is 11.9. The monoisotopic (exact) mass is 367 g/mol. The molecule has 0 aliphatic heterocycles. The number of hydrogen-bond acceptors (Lipinski definition) is 4. The van der Waals surface area contributed by atoms with Gasteiger partial charge >= 0.3 is 0 Å². The highest BCUT2D eigenvalue weighted by Gasteiger charge is 2.05. The van der Waals surface area contributed by atoms with Gasteiger partial charge in [0, 0.05) is 10.9 Å². The van der Waals surface area contributed by atoms with Gasteiger partial charge in [0.1, 0.15) is 10.9 Å². The standard InChI is InChI=1S/C20H18ClN3O2/c1-13-7-8-17(9-14(13)2)26-12-19(25)24-22-11-16-10-15-5-3-4-6-18(15)23-20(16)21/h3-11H,12H2,1-2H3,(H,24,25). The van der Waals surface area contributed by atoms with Crippen LogP contribution in [0.15, 0.2) is 53.6 Å². The molecule has 0 spiro atoms. The number of amides is 1. The van der Waals surface area contributed by atoms with Crippen molar-refractivity contribution in [2.75, 3.05) is 6.61 Å². The highest BCUT2D eigenvalue weighted by atomic mass is 35.5. The fourth-order valence-corrected chi connectivity index (χ4v) is 2.55. The maximum Gasteiger partial charge on any atom is 0.277 e. The lowest BCUT2D eigenvalue weighted by molar-refractivity contribution is -0.123. The molecule has 1 N–H and O–H groups in total. The lowest BCUT2D eigenvalue weighted by Crippen LogP contribution is -2.24. The van der Waals surface area contributed by atoms with Gasteiger partial charge in [-0.15, -0.1) is 0 Å². The van der Waals surface area contributed by atoms with Crippen LogP contribution in [0.25, 0.3) is 10.9 Å². The Kier molecular flexibility index (Phi) is 5.49. The zero-order valence-corrected chi connectivity index (χ0v) is 15.2. The first-order valence-electron chi connectivity index (χ1n) is 8.10. The van der Waals surface area contributed by atoms with Gasteiger partial charge in [0.05, 0.1) is 11.7 Å². The highest BCUT2D eigenvalue weighted by Crippen LogP contribution is 2.19. The molecule has 2 aromatic carbocycles. The molecule has 1 aromatic heterocycles. The molecule has 1 heterocycles. The number of hydrogen-bond donors (Lipinski definition) is 1. The molecule has 0 saturated carbocycles. The Morgan fingerprint density at radius 3 is 2.81 bits per heavy atom. The van der Waals surface area contributed by atoms with E-state index < -0.39 is 0 Å². The highest BCUT2D eigenvalue weighted by molar-refractivity contribution is 6.32. The largest absolute Gasteiger partial charge is 0.484 e. The molecule has 0 fully saturated rings. The van der Waals surface area contributed by atoms with Crippen molar-refractivity contribution in [3.05, 3.63) is 70.4 Å². The molecule has 0 aliphatic carbocycles. The fourth-order valence-electron chi connectivity index (χ4n) is 2.36. The zero-order chi connectivity index (χ0) is 18.5. The third kappa shape index (κ3) is 4.37. The molecule has 132 valence electrons. The molecule has 0 atom stereocenters. The van der Waals surface area contributed by atoms with Crippen molar-refractivity contribution in [2.24, 2.45) is 5.10 Å². The van der Waals surface area contributed by atoms with E-state index in [4.69, 9.17) is 16.3 Å². The summed E-state index contributed by atoms with van der Waals surface area (Å²) in [6.45, 7) is 3.89. The summed E-state index contributed by atoms with van der Waals surface area (Å²) in [7, 11) is 0. The molecule has 0 aliphatic rings. The Bertz CT molecular complexity index is 986. The number of carbonyl (C=O) groups excluding carboxylic acids is 1. The summed E-state index contributed by atoms with van der Waals surface area (Å²) in [4.78, 5) is 16.2. The number of benzene rings is 2. The molecule has 0 bridgehead atoms. The number of aryl methyl sites for hydroxylation is 2. The predicted molar refractivity (Wildman–Crippen MR) is 104 cm³/mol. The zero-order valence-electron chi connectivity index (χ0n) is 14.5. The van der Waals surface area contributed by atoms with E-state index in [-0.39, 0.29) is 12.5 Å². The number of pyridine rings is 1. The van der Waals surface area contributed by atoms with Crippen molar-refractivity contribution in [3.63, 3.8) is 0 Å². The van der Waals surface area contributed by atoms with E-state index in [1.54, 1.807) is 0 Å². The molecule has 0 radical (unpaired) electrons. The molecule has 0 unspecified atom stereocenters. The summed E-state index contributed by atoms with van der Waals surface area (Å²) >= 11 is 6.15. The van der Waals surface area contributed by atoms with Crippen LogP contribution >= 0.6 is 11.6 Å². The van der Waals surface area contributed by atoms with Crippen LogP contribution < -0.4 is 10.2 Å². The van der Waals surface area contributed by atoms with Gasteiger partial charge < -0.3 is 4.74 Å². The first-order valence-corrected chi connectivity index (χ1v) is 8.48. The van der Waals surface area contributed by atoms with Gasteiger partial charge in [-0.25, -0.2) is 10.4 Å². The molecule has 3 aromatic rings. The van der Waals surface area contributed by atoms with Gasteiger partial charge in [-0.1, -0.05) is 35.9 Å². The average molecular weight is 368 g/mol. The minimum Gasteiger partial charge on any atom is -0.484 e. The second-order valence-corrected chi connectivity index (χ2v) is 6.25. The number of para-hydroxylation sites is 1. The van der Waals surface area contributed by atoms with Crippen LogP contribution in [-0.2, 0) is 4.79 Å². The number of hydrazone groups is 1. The number of nitrogens with one attached hydrogen (secondary N) is 1. The summed E-state index contributed by atoms with van der Waals surface area (Å²) in [6.07, 6.45) is 1.47. The number of halogens is 1. The molecular weight excluding hydrogens is 350 g/mol. The number of rotatable bonds is 5. The van der Waals surface area contributed by atoms with Crippen LogP contribution in [0.3, 0.4) is 0 Å². The lowest BCUT2D eigenvalue weighted by Gasteiger charge is -2.07. The van der Waals surface area contributed by atoms with Crippen molar-refractivity contribution < 1.29 is 9.53 Å². The first-order chi connectivity index (χ1) is 12.5. The first kappa shape index (κ1) is 17.9. The Labute approximate surface area is 156 Å². The summed E-state index contributed by atoms with van der Waals surface area (Å²) in [5, 5.41) is 5.20. The van der Waals surface area contributed by atoms with E-state index in [0.29, 0.717) is 16.5 Å². The molecule has 26 heavy (non-hydrogen) atoms. The number of carbonyl (C=O) groups is 1. The molecule has 6 heteroatoms. The fraction of sp³-hybridized carbons (Fsp3) is 0.150. The average Bonchev–Trinajstić information content (AvgIpc) is 2.63. The maximum atomic E-state index is 11.9. The summed E-state index contributed by atoms with van der Waals surface area (Å²) in [5.74, 6) is 0.290. The SMILES string of the molecule is Cc1ccc(OCC(=O)NN=Cc2cc3ccccc3nc2Cl)cc1C. The second-order valence-electron chi connectivity index (χ2n) is 5.89. The number of aromatic nitrogens is 1. The van der Waals surface area contributed by atoms with Crippen LogP contribution in [0.4, 0.5) is 0 Å². The smallest absolute Gasteiger partial charge is 0.277 e. The van der Waals surface area contributed by atoms with Gasteiger partial charge in [0.15, 0.2) is 6.61 Å². The van der Waals surface area contributed by atoms with Crippen molar-refractivity contribution in [2.45, 2.75) is 13.8 Å². The quantitative estimate of drug-likeness (QED) is 0.420. The molecule has 1 amide bonds. The van der Waals surface area contributed by atoms with Crippen LogP contribution in [0, 0.1) is 13.8 Å². The van der Waals surface area contributed by atoms with E-state index >= 15 is 0 Å². The van der Waals surface area contributed by atoms with Gasteiger partial charge in [0.25, 0.3) is 5.91 Å². The van der Waals surface area contributed by atoms with Crippen LogP contribution in [0.5, 0.6) is 5.75 Å². The normalized spacial score (nSPS) is 11.0. The topological polar surface area (TPSA) is 63.6 Å². The summed E-state index contributed by atoms with van der Waals surface area (Å²) in [6, 6.07) is 15.2. The van der Waals surface area contributed by atoms with Crippen molar-refractivity contribution in [1.82, 2.24) is 10.4 Å². The second kappa shape index (κ2) is 7.97. The summed E-state index contributed by atoms with van der Waals surface area (Å²) < 4.78 is 5.46. The third-order valence-electron chi connectivity index (χ3n) is 3.95. The Morgan fingerprint density at radius 1 is 1.19 bits per heavy atom. The molecule has 3 rings (SSSR count). The van der Waals surface area contributed by atoms with Gasteiger partial charge in [-0.05, 0) is 49.2 Å². The van der Waals surface area contributed by atoms with Crippen LogP contribution in [0.2, 0.25) is 5.15 Å². The Hall–Kier alpha value is -2.92. The van der Waals surface area contributed by atoms with Gasteiger partial charge in [-0.2, -0.15) is 5.10 Å². The Morgan fingerprint density at radius 2 is 2.00 bits per heavy atom. The van der Waals surface area contributed by atoms with Crippen molar-refractivity contribution >= 4 is 34.6 Å². The minimum atomic E-state index is -0.357.